The number of allylic oxidation sites excluding steroid dienone is 4. The molecule has 2 aliphatic heterocycles. The minimum absolute atomic E-state index is 0.00737. The lowest BCUT2D eigenvalue weighted by Crippen LogP contribution is -2.74. The lowest BCUT2D eigenvalue weighted by atomic mass is 9.49. The summed E-state index contributed by atoms with van der Waals surface area (Å²) in [5.41, 5.74) is -0.455. The van der Waals surface area contributed by atoms with Crippen LogP contribution in [0.4, 0.5) is 0 Å². The second kappa shape index (κ2) is 8.58. The number of aromatic hydroxyl groups is 2. The summed E-state index contributed by atoms with van der Waals surface area (Å²) < 4.78 is 18.2. The smallest absolute Gasteiger partial charge is 0.302 e. The molecule has 4 bridgehead atoms. The summed E-state index contributed by atoms with van der Waals surface area (Å²) in [7, 11) is 0. The maximum absolute atomic E-state index is 14.1. The molecule has 5 atom stereocenters. The number of fused-ring (bicyclic) bond motifs is 1. The highest BCUT2D eigenvalue weighted by atomic mass is 16.6. The molecule has 0 amide bonds. The fourth-order valence-corrected chi connectivity index (χ4v) is 6.41. The van der Waals surface area contributed by atoms with Crippen LogP contribution in [0, 0.1) is 17.8 Å². The Kier molecular flexibility index (Phi) is 5.86. The molecular weight excluding hydrogens is 476 g/mol. The Labute approximate surface area is 215 Å². The van der Waals surface area contributed by atoms with Crippen molar-refractivity contribution in [2.75, 3.05) is 13.2 Å². The molecule has 0 radical (unpaired) electrons. The highest BCUT2D eigenvalue weighted by Crippen LogP contribution is 2.65. The fourth-order valence-electron chi connectivity index (χ4n) is 6.41. The molecule has 196 valence electrons. The van der Waals surface area contributed by atoms with Gasteiger partial charge in [-0.15, -0.1) is 0 Å². The van der Waals surface area contributed by atoms with Crippen LogP contribution < -0.4 is 4.74 Å². The predicted octanol–water partition coefficient (Wildman–Crippen LogP) is 3.98. The standard InChI is InChI=1S/C29H32O8/c1-14(2)6-7-17-22(31)11-23-24(25(17)32)26(33)20-10-18-19(12-35-16(5)30)21-13-36-28(27(18)34,9-8-15(3)4)29(20,21)37-23/h6,8,10-11,18-19,21,31-32H,7,9,12-13H2,1-5H3/t18-,19+,21-,28?,29-/m1/s1. The zero-order chi connectivity index (χ0) is 26.9. The zero-order valence-electron chi connectivity index (χ0n) is 21.7. The van der Waals surface area contributed by atoms with E-state index in [1.807, 2.05) is 39.8 Å². The third-order valence-electron chi connectivity index (χ3n) is 8.14. The third-order valence-corrected chi connectivity index (χ3v) is 8.14. The average molecular weight is 509 g/mol. The number of phenols is 2. The first-order valence-electron chi connectivity index (χ1n) is 12.6. The summed E-state index contributed by atoms with van der Waals surface area (Å²) in [4.78, 5) is 39.7. The van der Waals surface area contributed by atoms with E-state index in [0.29, 0.717) is 0 Å². The van der Waals surface area contributed by atoms with Crippen LogP contribution in [0.5, 0.6) is 17.2 Å². The molecule has 2 N–H and O–H groups in total. The van der Waals surface area contributed by atoms with E-state index in [0.717, 1.165) is 11.1 Å². The molecule has 37 heavy (non-hydrogen) atoms. The Hall–Kier alpha value is -3.39. The van der Waals surface area contributed by atoms with Gasteiger partial charge in [-0.2, -0.15) is 0 Å². The van der Waals surface area contributed by atoms with Gasteiger partial charge >= 0.3 is 5.97 Å². The van der Waals surface area contributed by atoms with Crippen molar-refractivity contribution in [2.45, 2.75) is 58.7 Å². The summed E-state index contributed by atoms with van der Waals surface area (Å²) in [6.07, 6.45) is 5.81. The fraction of sp³-hybridized carbons (Fsp3) is 0.483. The van der Waals surface area contributed by atoms with Gasteiger partial charge in [-0.1, -0.05) is 29.4 Å². The average Bonchev–Trinajstić information content (AvgIpc) is 3.09. The van der Waals surface area contributed by atoms with Crippen molar-refractivity contribution in [1.82, 2.24) is 0 Å². The van der Waals surface area contributed by atoms with Crippen molar-refractivity contribution >= 4 is 17.5 Å². The molecule has 1 saturated carbocycles. The number of Topliss-reactive ketones (excluding diaryl/α,β-unsaturated/α-hetero) is 2. The third kappa shape index (κ3) is 3.41. The molecule has 8 nitrogen and oxygen atoms in total. The van der Waals surface area contributed by atoms with Crippen molar-refractivity contribution in [3.63, 3.8) is 0 Å². The van der Waals surface area contributed by atoms with Crippen LogP contribution in [0.25, 0.3) is 0 Å². The van der Waals surface area contributed by atoms with Crippen molar-refractivity contribution in [3.05, 3.63) is 52.1 Å². The second-order valence-electron chi connectivity index (χ2n) is 10.9. The lowest BCUT2D eigenvalue weighted by molar-refractivity contribution is -0.174. The van der Waals surface area contributed by atoms with Crippen LogP contribution >= 0.6 is 0 Å². The maximum atomic E-state index is 14.1. The summed E-state index contributed by atoms with van der Waals surface area (Å²) >= 11 is 0. The predicted molar refractivity (Wildman–Crippen MR) is 134 cm³/mol. The second-order valence-corrected chi connectivity index (χ2v) is 10.9. The zero-order valence-corrected chi connectivity index (χ0v) is 21.7. The number of hydrogen-bond acceptors (Lipinski definition) is 8. The number of rotatable bonds is 6. The summed E-state index contributed by atoms with van der Waals surface area (Å²) in [6.45, 7) is 9.07. The van der Waals surface area contributed by atoms with Crippen molar-refractivity contribution in [3.8, 4) is 17.2 Å². The van der Waals surface area contributed by atoms with Crippen molar-refractivity contribution < 1.29 is 38.8 Å². The first-order valence-corrected chi connectivity index (χ1v) is 12.6. The highest BCUT2D eigenvalue weighted by molar-refractivity contribution is 6.18. The van der Waals surface area contributed by atoms with Crippen LogP contribution in [0.2, 0.25) is 0 Å². The monoisotopic (exact) mass is 508 g/mol. The van der Waals surface area contributed by atoms with Gasteiger partial charge < -0.3 is 24.4 Å². The molecule has 1 aromatic rings. The van der Waals surface area contributed by atoms with Gasteiger partial charge in [-0.05, 0) is 34.1 Å². The SMILES string of the molecule is CC(=O)OC[C@@H]1[C@H]2COC3(CC=C(C)C)C(=O)[C@@H]1C=C1C(=O)c4c(cc(O)c(CC=C(C)C)c4O)O[C@]123. The van der Waals surface area contributed by atoms with Crippen molar-refractivity contribution in [1.29, 1.82) is 0 Å². The Morgan fingerprint density at radius 2 is 1.84 bits per heavy atom. The Morgan fingerprint density at radius 1 is 1.14 bits per heavy atom. The first-order chi connectivity index (χ1) is 17.4. The molecule has 1 spiro atoms. The number of carbonyl (C=O) groups excluding carboxylic acids is 3. The van der Waals surface area contributed by atoms with Crippen LogP contribution in [-0.2, 0) is 25.5 Å². The van der Waals surface area contributed by atoms with Gasteiger partial charge in [-0.25, -0.2) is 0 Å². The molecule has 6 rings (SSSR count). The van der Waals surface area contributed by atoms with Gasteiger partial charge in [0.2, 0.25) is 0 Å². The van der Waals surface area contributed by atoms with E-state index in [1.54, 1.807) is 6.08 Å². The quantitative estimate of drug-likeness (QED) is 0.438. The van der Waals surface area contributed by atoms with E-state index in [1.165, 1.54) is 13.0 Å². The largest absolute Gasteiger partial charge is 0.507 e. The molecular formula is C29H32O8. The molecule has 8 heteroatoms. The number of benzene rings is 1. The normalized spacial score (nSPS) is 30.6. The number of esters is 1. The topological polar surface area (TPSA) is 119 Å². The van der Waals surface area contributed by atoms with Crippen LogP contribution in [0.15, 0.2) is 41.0 Å². The van der Waals surface area contributed by atoms with Gasteiger partial charge in [0.05, 0.1) is 13.2 Å². The minimum atomic E-state index is -1.47. The Bertz CT molecular complexity index is 1310. The van der Waals surface area contributed by atoms with Crippen molar-refractivity contribution in [2.24, 2.45) is 17.8 Å². The number of carbonyl (C=O) groups is 3. The summed E-state index contributed by atoms with van der Waals surface area (Å²) in [5, 5.41) is 21.9. The number of hydrogen-bond donors (Lipinski definition) is 2. The van der Waals surface area contributed by atoms with E-state index in [-0.39, 0.29) is 65.8 Å². The molecule has 0 aromatic heterocycles. The van der Waals surface area contributed by atoms with Gasteiger partial charge in [0, 0.05) is 48.3 Å². The van der Waals surface area contributed by atoms with Gasteiger partial charge in [-0.3, -0.25) is 14.4 Å². The Balaban J connectivity index is 1.70. The molecule has 5 aliphatic rings. The van der Waals surface area contributed by atoms with Gasteiger partial charge in [0.25, 0.3) is 0 Å². The Morgan fingerprint density at radius 3 is 2.49 bits per heavy atom. The summed E-state index contributed by atoms with van der Waals surface area (Å²) in [6, 6.07) is 1.34. The minimum Gasteiger partial charge on any atom is -0.507 e. The van der Waals surface area contributed by atoms with Crippen LogP contribution in [-0.4, -0.2) is 52.2 Å². The number of ether oxygens (including phenoxy) is 3. The van der Waals surface area contributed by atoms with E-state index < -0.39 is 40.7 Å². The van der Waals surface area contributed by atoms with Crippen LogP contribution in [0.1, 0.15) is 57.0 Å². The van der Waals surface area contributed by atoms with Crippen LogP contribution in [0.3, 0.4) is 0 Å². The van der Waals surface area contributed by atoms with Gasteiger partial charge in [0.15, 0.2) is 22.8 Å². The molecule has 1 aromatic carbocycles. The van der Waals surface area contributed by atoms with E-state index in [4.69, 9.17) is 14.2 Å². The van der Waals surface area contributed by atoms with Gasteiger partial charge in [0.1, 0.15) is 22.8 Å². The molecule has 1 saturated heterocycles. The maximum Gasteiger partial charge on any atom is 0.302 e. The van der Waals surface area contributed by atoms with E-state index >= 15 is 0 Å². The van der Waals surface area contributed by atoms with E-state index in [9.17, 15) is 24.6 Å². The number of ketones is 2. The van der Waals surface area contributed by atoms with E-state index in [2.05, 4.69) is 0 Å². The lowest BCUT2D eigenvalue weighted by Gasteiger charge is -2.58. The first kappa shape index (κ1) is 25.3. The molecule has 2 fully saturated rings. The summed E-state index contributed by atoms with van der Waals surface area (Å²) in [5.74, 6) is -3.24. The molecule has 2 heterocycles. The highest BCUT2D eigenvalue weighted by Gasteiger charge is 2.79. The molecule has 1 unspecified atom stereocenters. The number of phenolic OH excluding ortho intramolecular Hbond substituents is 2. The molecule has 3 aliphatic carbocycles.